The van der Waals surface area contributed by atoms with E-state index in [-0.39, 0.29) is 25.3 Å². The first-order chi connectivity index (χ1) is 12.5. The second-order valence-electron chi connectivity index (χ2n) is 4.92. The van der Waals surface area contributed by atoms with Crippen LogP contribution in [0.5, 0.6) is 0 Å². The van der Waals surface area contributed by atoms with Crippen LogP contribution in [0.3, 0.4) is 0 Å². The van der Waals surface area contributed by atoms with Crippen molar-refractivity contribution in [3.8, 4) is 11.4 Å². The van der Waals surface area contributed by atoms with Gasteiger partial charge in [0, 0.05) is 5.56 Å². The zero-order valence-electron chi connectivity index (χ0n) is 14.4. The normalized spacial score (nSPS) is 10.2. The Morgan fingerprint density at radius 2 is 1.62 bits per heavy atom. The molecular weight excluding hydrogens is 344 g/mol. The number of benzene rings is 1. The largest absolute Gasteiger partial charge is 0.465 e. The molecule has 138 valence electrons. The van der Waals surface area contributed by atoms with Crippen molar-refractivity contribution in [3.05, 3.63) is 29.8 Å². The van der Waals surface area contributed by atoms with Crippen LogP contribution in [0.1, 0.15) is 24.2 Å². The number of esters is 3. The van der Waals surface area contributed by atoms with Crippen molar-refractivity contribution in [2.45, 2.75) is 20.4 Å². The Morgan fingerprint density at radius 3 is 2.27 bits per heavy atom. The zero-order valence-corrected chi connectivity index (χ0v) is 14.4. The fraction of sp³-hybridized carbons (Fsp3) is 0.375. The van der Waals surface area contributed by atoms with E-state index in [1.807, 2.05) is 0 Å². The molecule has 0 aliphatic carbocycles. The van der Waals surface area contributed by atoms with Crippen molar-refractivity contribution < 1.29 is 28.6 Å². The molecule has 0 aliphatic heterocycles. The van der Waals surface area contributed by atoms with E-state index in [9.17, 15) is 14.4 Å². The van der Waals surface area contributed by atoms with Crippen molar-refractivity contribution in [3.63, 3.8) is 0 Å². The van der Waals surface area contributed by atoms with E-state index in [0.29, 0.717) is 11.4 Å². The first-order valence-electron chi connectivity index (χ1n) is 7.90. The number of hydrogen-bond acceptors (Lipinski definition) is 9. The highest BCUT2D eigenvalue weighted by Gasteiger charge is 2.15. The third kappa shape index (κ3) is 5.10. The molecular formula is C16H18N4O6. The van der Waals surface area contributed by atoms with Gasteiger partial charge in [-0.25, -0.2) is 14.3 Å². The van der Waals surface area contributed by atoms with Gasteiger partial charge in [0.1, 0.15) is 6.54 Å². The van der Waals surface area contributed by atoms with Gasteiger partial charge < -0.3 is 14.2 Å². The average molecular weight is 362 g/mol. The number of aromatic nitrogens is 4. The molecule has 2 aromatic rings. The summed E-state index contributed by atoms with van der Waals surface area (Å²) >= 11 is 0. The molecule has 1 heterocycles. The Hall–Kier alpha value is -3.30. The smallest absolute Gasteiger partial charge is 0.344 e. The van der Waals surface area contributed by atoms with Crippen molar-refractivity contribution >= 4 is 17.9 Å². The lowest BCUT2D eigenvalue weighted by Gasteiger charge is -2.06. The molecule has 0 N–H and O–H groups in total. The van der Waals surface area contributed by atoms with Crippen LogP contribution < -0.4 is 0 Å². The van der Waals surface area contributed by atoms with Crippen molar-refractivity contribution in [1.29, 1.82) is 0 Å². The highest BCUT2D eigenvalue weighted by molar-refractivity contribution is 5.91. The Kier molecular flexibility index (Phi) is 6.77. The van der Waals surface area contributed by atoms with E-state index >= 15 is 0 Å². The van der Waals surface area contributed by atoms with Crippen molar-refractivity contribution in [1.82, 2.24) is 20.2 Å². The fourth-order valence-electron chi connectivity index (χ4n) is 2.01. The van der Waals surface area contributed by atoms with Gasteiger partial charge in [-0.1, -0.05) is 12.1 Å². The molecule has 0 radical (unpaired) electrons. The maximum absolute atomic E-state index is 11.9. The average Bonchev–Trinajstić information content (AvgIpc) is 3.08. The number of ether oxygens (including phenoxy) is 3. The van der Waals surface area contributed by atoms with Gasteiger partial charge in [0.05, 0.1) is 18.8 Å². The number of nitrogens with zero attached hydrogens (tertiary/aromatic N) is 4. The molecule has 0 spiro atoms. The first-order valence-corrected chi connectivity index (χ1v) is 7.90. The molecule has 0 atom stereocenters. The maximum Gasteiger partial charge on any atom is 0.344 e. The summed E-state index contributed by atoms with van der Waals surface area (Å²) in [6, 6.07) is 6.22. The SMILES string of the molecule is CCOC(=O)COC(=O)c1ccc(-c2nnnn2CC(=O)OCC)cc1. The predicted molar refractivity (Wildman–Crippen MR) is 86.8 cm³/mol. The zero-order chi connectivity index (χ0) is 18.9. The quantitative estimate of drug-likeness (QED) is 0.491. The van der Waals surface area contributed by atoms with Crippen molar-refractivity contribution in [2.24, 2.45) is 0 Å². The van der Waals surface area contributed by atoms with Crippen LogP contribution in [0.4, 0.5) is 0 Å². The van der Waals surface area contributed by atoms with Crippen LogP contribution in [-0.2, 0) is 30.3 Å². The van der Waals surface area contributed by atoms with Crippen LogP contribution in [0.2, 0.25) is 0 Å². The minimum atomic E-state index is -0.657. The number of rotatable bonds is 8. The summed E-state index contributed by atoms with van der Waals surface area (Å²) < 4.78 is 15.7. The fourth-order valence-corrected chi connectivity index (χ4v) is 2.01. The molecule has 26 heavy (non-hydrogen) atoms. The lowest BCUT2D eigenvalue weighted by Crippen LogP contribution is -2.16. The second-order valence-corrected chi connectivity index (χ2v) is 4.92. The van der Waals surface area contributed by atoms with E-state index in [4.69, 9.17) is 9.47 Å². The molecule has 10 nitrogen and oxygen atoms in total. The number of hydrogen-bond donors (Lipinski definition) is 0. The molecule has 0 amide bonds. The molecule has 0 bridgehead atoms. The van der Waals surface area contributed by atoms with Crippen LogP contribution >= 0.6 is 0 Å². The van der Waals surface area contributed by atoms with E-state index in [1.54, 1.807) is 26.0 Å². The maximum atomic E-state index is 11.9. The van der Waals surface area contributed by atoms with Gasteiger partial charge in [-0.3, -0.25) is 4.79 Å². The van der Waals surface area contributed by atoms with Crippen LogP contribution in [0.15, 0.2) is 24.3 Å². The summed E-state index contributed by atoms with van der Waals surface area (Å²) in [5.41, 5.74) is 0.851. The Morgan fingerprint density at radius 1 is 0.962 bits per heavy atom. The van der Waals surface area contributed by atoms with Gasteiger partial charge >= 0.3 is 17.9 Å². The molecule has 0 unspecified atom stereocenters. The molecule has 0 saturated carbocycles. The third-order valence-electron chi connectivity index (χ3n) is 3.12. The van der Waals surface area contributed by atoms with Crippen LogP contribution in [0.25, 0.3) is 11.4 Å². The monoisotopic (exact) mass is 362 g/mol. The Balaban J connectivity index is 2.03. The summed E-state index contributed by atoms with van der Waals surface area (Å²) in [6.45, 7) is 3.27. The number of tetrazole rings is 1. The van der Waals surface area contributed by atoms with E-state index in [0.717, 1.165) is 0 Å². The van der Waals surface area contributed by atoms with Gasteiger partial charge in [-0.2, -0.15) is 0 Å². The topological polar surface area (TPSA) is 123 Å². The summed E-state index contributed by atoms with van der Waals surface area (Å²) in [5, 5.41) is 11.2. The highest BCUT2D eigenvalue weighted by Crippen LogP contribution is 2.17. The predicted octanol–water partition coefficient (Wildman–Crippen LogP) is 0.623. The summed E-state index contributed by atoms with van der Waals surface area (Å²) in [5.74, 6) is -1.38. The van der Waals surface area contributed by atoms with Gasteiger partial charge in [-0.05, 0) is 36.4 Å². The third-order valence-corrected chi connectivity index (χ3v) is 3.12. The Bertz CT molecular complexity index is 771. The molecule has 1 aromatic carbocycles. The molecule has 0 saturated heterocycles. The number of carbonyl (C=O) groups excluding carboxylic acids is 3. The van der Waals surface area contributed by atoms with Gasteiger partial charge in [0.15, 0.2) is 12.4 Å². The van der Waals surface area contributed by atoms with Gasteiger partial charge in [0.25, 0.3) is 0 Å². The van der Waals surface area contributed by atoms with Crippen molar-refractivity contribution in [2.75, 3.05) is 19.8 Å². The molecule has 10 heteroatoms. The number of carbonyl (C=O) groups is 3. The van der Waals surface area contributed by atoms with E-state index in [2.05, 4.69) is 20.3 Å². The molecule has 0 fully saturated rings. The van der Waals surface area contributed by atoms with Gasteiger partial charge in [0.2, 0.25) is 0 Å². The highest BCUT2D eigenvalue weighted by atomic mass is 16.6. The van der Waals surface area contributed by atoms with Gasteiger partial charge in [-0.15, -0.1) is 5.10 Å². The van der Waals surface area contributed by atoms with Crippen LogP contribution in [-0.4, -0.2) is 57.9 Å². The summed E-state index contributed by atoms with van der Waals surface area (Å²) in [7, 11) is 0. The second kappa shape index (κ2) is 9.25. The summed E-state index contributed by atoms with van der Waals surface area (Å²) in [6.07, 6.45) is 0. The Labute approximate surface area is 149 Å². The lowest BCUT2D eigenvalue weighted by atomic mass is 10.1. The summed E-state index contributed by atoms with van der Waals surface area (Å²) in [4.78, 5) is 34.7. The standard InChI is InChI=1S/C16H18N4O6/c1-3-24-13(21)9-20-15(17-18-19-20)11-5-7-12(8-6-11)16(23)26-10-14(22)25-4-2/h5-8H,3-4,9-10H2,1-2H3. The molecule has 1 aromatic heterocycles. The van der Waals surface area contributed by atoms with E-state index < -0.39 is 24.5 Å². The molecule has 2 rings (SSSR count). The first kappa shape index (κ1) is 19.0. The van der Waals surface area contributed by atoms with Crippen LogP contribution in [0, 0.1) is 0 Å². The minimum Gasteiger partial charge on any atom is -0.465 e. The lowest BCUT2D eigenvalue weighted by molar-refractivity contribution is -0.146. The molecule has 0 aliphatic rings. The van der Waals surface area contributed by atoms with E-state index in [1.165, 1.54) is 16.8 Å². The minimum absolute atomic E-state index is 0.125.